The molecule has 3 atom stereocenters. The summed E-state index contributed by atoms with van der Waals surface area (Å²) in [6, 6.07) is 19.1. The maximum Gasteiger partial charge on any atom is 0.305 e. The maximum absolute atomic E-state index is 12.7. The van der Waals surface area contributed by atoms with Crippen LogP contribution in [0.25, 0.3) is 71.9 Å². The summed E-state index contributed by atoms with van der Waals surface area (Å²) < 4.78 is 5.20. The van der Waals surface area contributed by atoms with Crippen molar-refractivity contribution < 1.29 is 9.53 Å². The molecule has 13 rings (SSSR count). The lowest BCUT2D eigenvalue weighted by Gasteiger charge is -2.29. The quantitative estimate of drug-likeness (QED) is 0.135. The molecule has 0 radical (unpaired) electrons. The molecule has 6 aromatic carbocycles. The van der Waals surface area contributed by atoms with Gasteiger partial charge in [-0.3, -0.25) is 4.79 Å². The summed E-state index contributed by atoms with van der Waals surface area (Å²) in [5, 5.41) is 12.4. The fraction of sp³-hybridized carbons (Fsp3) is 0.255. The van der Waals surface area contributed by atoms with E-state index in [-0.39, 0.29) is 22.2 Å². The molecule has 1 saturated carbocycles. The standard InChI is InChI=1S/C47H34O2/c1-4-10-25-19-28-20-26-17-23-11-8-12-24-18-27-21-29-22-45(2)46(16-9-15-31(48)49-3,30-13-6-5-7-14-30)47(45)43(25)41-35(28)34(26)38-32(23)33(24)39-36(27)37(29)44(47)42(41)40(38)39/h4-8,10,12-14,17-19,22H,9,11,15-16,20-21H2,1-3H3/b10-4-. The number of methoxy groups -OCH3 is 1. The number of carbonyl (C=O) groups is 1. The van der Waals surface area contributed by atoms with E-state index in [0.29, 0.717) is 6.42 Å². The van der Waals surface area contributed by atoms with Crippen molar-refractivity contribution in [1.29, 1.82) is 0 Å². The van der Waals surface area contributed by atoms with E-state index in [0.717, 1.165) is 32.1 Å². The molecule has 1 fully saturated rings. The smallest absolute Gasteiger partial charge is 0.305 e. The molecule has 7 aliphatic rings. The Labute approximate surface area is 284 Å². The van der Waals surface area contributed by atoms with Crippen LogP contribution in [0.1, 0.15) is 88.7 Å². The van der Waals surface area contributed by atoms with Crippen molar-refractivity contribution in [2.24, 2.45) is 5.41 Å². The molecule has 7 aliphatic carbocycles. The zero-order valence-corrected chi connectivity index (χ0v) is 28.1. The molecule has 234 valence electrons. The Bertz CT molecular complexity index is 2840. The first-order chi connectivity index (χ1) is 24.0. The number of rotatable bonds is 6. The molecule has 0 saturated heterocycles. The van der Waals surface area contributed by atoms with Gasteiger partial charge in [0.2, 0.25) is 0 Å². The molecule has 2 heteroatoms. The first kappa shape index (κ1) is 26.0. The van der Waals surface area contributed by atoms with E-state index in [1.807, 2.05) is 0 Å². The number of esters is 1. The van der Waals surface area contributed by atoms with Crippen LogP contribution in [0, 0.1) is 5.41 Å². The molecule has 3 unspecified atom stereocenters. The highest BCUT2D eigenvalue weighted by molar-refractivity contribution is 6.46. The van der Waals surface area contributed by atoms with Crippen LogP contribution in [0.4, 0.5) is 0 Å². The normalized spacial score (nSPS) is 25.7. The van der Waals surface area contributed by atoms with Crippen molar-refractivity contribution in [3.05, 3.63) is 122 Å². The molecule has 0 aromatic heterocycles. The number of carbonyl (C=O) groups excluding carboxylic acids is 1. The summed E-state index contributed by atoms with van der Waals surface area (Å²) >= 11 is 0. The Kier molecular flexibility index (Phi) is 4.11. The van der Waals surface area contributed by atoms with Gasteiger partial charge in [0.05, 0.1) is 7.11 Å². The molecular weight excluding hydrogens is 597 g/mol. The monoisotopic (exact) mass is 630 g/mol. The SMILES string of the molecule is C/C=C\c1cc2c3c4c(cc5c6c4c4c7c-6c(cc6c7c7c8c4c3c1C81C(C)(C=C7C6)C1(CCCC(=O)OC)c1ccccc1)C=CC5)C2. The lowest BCUT2D eigenvalue weighted by molar-refractivity contribution is -0.140. The Morgan fingerprint density at radius 3 is 2.43 bits per heavy atom. The van der Waals surface area contributed by atoms with Gasteiger partial charge in [0.1, 0.15) is 0 Å². The third kappa shape index (κ3) is 2.31. The lowest BCUT2D eigenvalue weighted by atomic mass is 9.72. The van der Waals surface area contributed by atoms with Gasteiger partial charge in [-0.05, 0) is 154 Å². The van der Waals surface area contributed by atoms with E-state index in [1.165, 1.54) is 78.9 Å². The van der Waals surface area contributed by atoms with Gasteiger partial charge in [0.15, 0.2) is 0 Å². The minimum Gasteiger partial charge on any atom is -0.469 e. The van der Waals surface area contributed by atoms with Crippen LogP contribution in [-0.2, 0) is 39.6 Å². The summed E-state index contributed by atoms with van der Waals surface area (Å²) in [6.45, 7) is 4.76. The molecule has 0 amide bonds. The minimum atomic E-state index is -0.233. The highest BCUT2D eigenvalue weighted by Crippen LogP contribution is 2.89. The highest BCUT2D eigenvalue weighted by atomic mass is 16.5. The highest BCUT2D eigenvalue weighted by Gasteiger charge is 2.87. The number of ether oxygens (including phenoxy) is 1. The molecule has 49 heavy (non-hydrogen) atoms. The maximum atomic E-state index is 12.7. The average Bonchev–Trinajstić information content (AvgIpc) is 3.59. The van der Waals surface area contributed by atoms with Gasteiger partial charge in [-0.2, -0.15) is 0 Å². The molecular formula is C47H34O2. The second-order valence-corrected chi connectivity index (χ2v) is 16.1. The van der Waals surface area contributed by atoms with Crippen molar-refractivity contribution in [2.45, 2.75) is 63.2 Å². The molecule has 0 aliphatic heterocycles. The van der Waals surface area contributed by atoms with E-state index in [2.05, 4.69) is 92.8 Å². The summed E-state index contributed by atoms with van der Waals surface area (Å²) in [4.78, 5) is 12.7. The van der Waals surface area contributed by atoms with Crippen molar-refractivity contribution >= 4 is 66.8 Å². The minimum absolute atomic E-state index is 0.112. The van der Waals surface area contributed by atoms with Gasteiger partial charge in [-0.25, -0.2) is 0 Å². The van der Waals surface area contributed by atoms with Gasteiger partial charge >= 0.3 is 5.97 Å². The number of hydrogen-bond acceptors (Lipinski definition) is 2. The van der Waals surface area contributed by atoms with Gasteiger partial charge in [0, 0.05) is 22.7 Å². The fourth-order valence-corrected chi connectivity index (χ4v) is 13.4. The molecule has 0 bridgehead atoms. The van der Waals surface area contributed by atoms with Crippen LogP contribution in [0.5, 0.6) is 0 Å². The van der Waals surface area contributed by atoms with Crippen LogP contribution in [0.15, 0.2) is 66.8 Å². The molecule has 0 N–H and O–H groups in total. The Hall–Kier alpha value is -4.95. The molecule has 1 spiro atoms. The van der Waals surface area contributed by atoms with Crippen LogP contribution >= 0.6 is 0 Å². The van der Waals surface area contributed by atoms with E-state index in [9.17, 15) is 4.79 Å². The van der Waals surface area contributed by atoms with Crippen LogP contribution in [0.2, 0.25) is 0 Å². The zero-order chi connectivity index (χ0) is 32.3. The third-order valence-corrected chi connectivity index (χ3v) is 14.6. The van der Waals surface area contributed by atoms with E-state index < -0.39 is 0 Å². The van der Waals surface area contributed by atoms with Gasteiger partial charge in [-0.15, -0.1) is 0 Å². The lowest BCUT2D eigenvalue weighted by Crippen LogP contribution is -2.25. The first-order valence-corrected chi connectivity index (χ1v) is 18.2. The molecule has 6 aromatic rings. The number of allylic oxidation sites excluding steroid dienone is 4. The third-order valence-electron chi connectivity index (χ3n) is 14.6. The van der Waals surface area contributed by atoms with Crippen LogP contribution < -0.4 is 0 Å². The second-order valence-electron chi connectivity index (χ2n) is 16.1. The van der Waals surface area contributed by atoms with E-state index >= 15 is 0 Å². The number of hydrogen-bond donors (Lipinski definition) is 0. The second kappa shape index (κ2) is 7.76. The molecule has 0 heterocycles. The Morgan fingerprint density at radius 1 is 0.816 bits per heavy atom. The van der Waals surface area contributed by atoms with Gasteiger partial charge in [0.25, 0.3) is 0 Å². The van der Waals surface area contributed by atoms with Crippen LogP contribution in [0.3, 0.4) is 0 Å². The predicted molar refractivity (Wildman–Crippen MR) is 200 cm³/mol. The number of benzene rings is 6. The van der Waals surface area contributed by atoms with Crippen molar-refractivity contribution in [2.75, 3.05) is 7.11 Å². The van der Waals surface area contributed by atoms with E-state index in [1.54, 1.807) is 43.6 Å². The largest absolute Gasteiger partial charge is 0.469 e. The zero-order valence-electron chi connectivity index (χ0n) is 28.1. The van der Waals surface area contributed by atoms with Crippen molar-refractivity contribution in [1.82, 2.24) is 0 Å². The van der Waals surface area contributed by atoms with Crippen molar-refractivity contribution in [3.8, 4) is 11.1 Å². The van der Waals surface area contributed by atoms with Gasteiger partial charge < -0.3 is 4.74 Å². The Balaban J connectivity index is 1.30. The predicted octanol–water partition coefficient (Wildman–Crippen LogP) is 10.6. The summed E-state index contributed by atoms with van der Waals surface area (Å²) in [6.07, 6.45) is 17.4. The molecule has 2 nitrogen and oxygen atoms in total. The van der Waals surface area contributed by atoms with Crippen molar-refractivity contribution in [3.63, 3.8) is 0 Å². The van der Waals surface area contributed by atoms with E-state index in [4.69, 9.17) is 4.74 Å². The summed E-state index contributed by atoms with van der Waals surface area (Å²) in [5.74, 6) is -0.112. The topological polar surface area (TPSA) is 26.3 Å². The average molecular weight is 631 g/mol. The fourth-order valence-electron chi connectivity index (χ4n) is 13.4. The summed E-state index contributed by atoms with van der Waals surface area (Å²) in [7, 11) is 1.52. The first-order valence-electron chi connectivity index (χ1n) is 18.2. The summed E-state index contributed by atoms with van der Waals surface area (Å²) in [5.41, 5.74) is 19.0. The van der Waals surface area contributed by atoms with Gasteiger partial charge in [-0.1, -0.05) is 85.8 Å². The Morgan fingerprint density at radius 2 is 1.59 bits per heavy atom. The van der Waals surface area contributed by atoms with Crippen LogP contribution in [-0.4, -0.2) is 13.1 Å².